The Bertz CT molecular complexity index is 424. The zero-order valence-corrected chi connectivity index (χ0v) is 10.0. The molecule has 0 radical (unpaired) electrons. The molecule has 6 heteroatoms. The quantitative estimate of drug-likeness (QED) is 0.835. The van der Waals surface area contributed by atoms with Crippen molar-refractivity contribution in [1.82, 2.24) is 10.6 Å². The smallest absolute Gasteiger partial charge is 0.321 e. The largest absolute Gasteiger partial charge is 0.481 e. The van der Waals surface area contributed by atoms with Crippen LogP contribution in [-0.2, 0) is 4.79 Å². The summed E-state index contributed by atoms with van der Waals surface area (Å²) >= 11 is 0. The summed E-state index contributed by atoms with van der Waals surface area (Å²) in [5.74, 6) is -1.21. The van der Waals surface area contributed by atoms with Gasteiger partial charge in [-0.2, -0.15) is 0 Å². The third-order valence-corrected chi connectivity index (χ3v) is 1.98. The molecule has 1 rings (SSSR count). The molecule has 5 nitrogen and oxygen atoms in total. The minimum absolute atomic E-state index is 0.0263. The third kappa shape index (κ3) is 4.82. The number of hydrogen-bond donors (Lipinski definition) is 2. The number of nitrogens with one attached hydrogen (secondary N) is 2. The van der Waals surface area contributed by atoms with Crippen LogP contribution in [0.1, 0.15) is 13.3 Å². The minimum atomic E-state index is -0.633. The highest BCUT2D eigenvalue weighted by Crippen LogP contribution is 2.14. The Labute approximate surface area is 104 Å². The summed E-state index contributed by atoms with van der Waals surface area (Å²) in [6.07, 6.45) is 0.771. The first-order valence-electron chi connectivity index (χ1n) is 5.58. The maximum atomic E-state index is 13.1. The average Bonchev–Trinajstić information content (AvgIpc) is 2.35. The number of imide groups is 1. The van der Waals surface area contributed by atoms with Crippen LogP contribution in [0.5, 0.6) is 5.75 Å². The molecule has 0 fully saturated rings. The van der Waals surface area contributed by atoms with Crippen molar-refractivity contribution >= 4 is 11.9 Å². The van der Waals surface area contributed by atoms with Gasteiger partial charge in [0.2, 0.25) is 0 Å². The number of rotatable bonds is 5. The Balaban J connectivity index is 2.33. The number of urea groups is 1. The van der Waals surface area contributed by atoms with E-state index in [-0.39, 0.29) is 5.75 Å². The van der Waals surface area contributed by atoms with Gasteiger partial charge in [-0.15, -0.1) is 0 Å². The van der Waals surface area contributed by atoms with Crippen LogP contribution in [0.2, 0.25) is 0 Å². The summed E-state index contributed by atoms with van der Waals surface area (Å²) < 4.78 is 18.1. The maximum absolute atomic E-state index is 13.1. The van der Waals surface area contributed by atoms with E-state index in [0.29, 0.717) is 6.54 Å². The summed E-state index contributed by atoms with van der Waals surface area (Å²) in [5, 5.41) is 4.54. The molecule has 0 aliphatic rings. The van der Waals surface area contributed by atoms with Crippen molar-refractivity contribution in [2.24, 2.45) is 0 Å². The second-order valence-electron chi connectivity index (χ2n) is 3.52. The van der Waals surface area contributed by atoms with Gasteiger partial charge >= 0.3 is 6.03 Å². The monoisotopic (exact) mass is 254 g/mol. The lowest BCUT2D eigenvalue weighted by Crippen LogP contribution is -2.41. The first-order valence-corrected chi connectivity index (χ1v) is 5.58. The summed E-state index contributed by atoms with van der Waals surface area (Å²) in [5.41, 5.74) is 0. The van der Waals surface area contributed by atoms with Crippen LogP contribution in [0.4, 0.5) is 9.18 Å². The lowest BCUT2D eigenvalue weighted by Gasteiger charge is -2.07. The Morgan fingerprint density at radius 2 is 2.06 bits per heavy atom. The van der Waals surface area contributed by atoms with Gasteiger partial charge in [0, 0.05) is 6.54 Å². The van der Waals surface area contributed by atoms with E-state index < -0.39 is 24.4 Å². The van der Waals surface area contributed by atoms with Crippen molar-refractivity contribution < 1.29 is 18.7 Å². The van der Waals surface area contributed by atoms with Gasteiger partial charge < -0.3 is 10.1 Å². The van der Waals surface area contributed by atoms with E-state index in [2.05, 4.69) is 10.6 Å². The van der Waals surface area contributed by atoms with Crippen LogP contribution >= 0.6 is 0 Å². The van der Waals surface area contributed by atoms with Crippen LogP contribution in [-0.4, -0.2) is 25.1 Å². The van der Waals surface area contributed by atoms with Crippen molar-refractivity contribution in [3.8, 4) is 5.75 Å². The Morgan fingerprint density at radius 1 is 1.33 bits per heavy atom. The van der Waals surface area contributed by atoms with Crippen molar-refractivity contribution in [2.45, 2.75) is 13.3 Å². The average molecular weight is 254 g/mol. The molecule has 0 saturated carbocycles. The van der Waals surface area contributed by atoms with E-state index in [0.717, 1.165) is 6.42 Å². The maximum Gasteiger partial charge on any atom is 0.321 e. The number of para-hydroxylation sites is 1. The zero-order chi connectivity index (χ0) is 13.4. The van der Waals surface area contributed by atoms with Crippen molar-refractivity contribution in [3.05, 3.63) is 30.1 Å². The number of hydrogen-bond acceptors (Lipinski definition) is 3. The highest BCUT2D eigenvalue weighted by atomic mass is 19.1. The summed E-state index contributed by atoms with van der Waals surface area (Å²) in [7, 11) is 0. The molecule has 18 heavy (non-hydrogen) atoms. The third-order valence-electron chi connectivity index (χ3n) is 1.98. The fraction of sp³-hybridized carbons (Fsp3) is 0.333. The van der Waals surface area contributed by atoms with Gasteiger partial charge in [-0.25, -0.2) is 9.18 Å². The van der Waals surface area contributed by atoms with Gasteiger partial charge in [-0.3, -0.25) is 10.1 Å². The molecular weight excluding hydrogens is 239 g/mol. The van der Waals surface area contributed by atoms with E-state index >= 15 is 0 Å². The van der Waals surface area contributed by atoms with Gasteiger partial charge in [0.25, 0.3) is 5.91 Å². The van der Waals surface area contributed by atoms with Gasteiger partial charge in [-0.1, -0.05) is 19.1 Å². The molecule has 0 unspecified atom stereocenters. The summed E-state index contributed by atoms with van der Waals surface area (Å²) in [6.45, 7) is 1.96. The second kappa shape index (κ2) is 7.26. The van der Waals surface area contributed by atoms with Gasteiger partial charge in [-0.05, 0) is 18.6 Å². The molecule has 0 aromatic heterocycles. The van der Waals surface area contributed by atoms with Crippen molar-refractivity contribution in [3.63, 3.8) is 0 Å². The number of carbonyl (C=O) groups excluding carboxylic acids is 2. The summed E-state index contributed by atoms with van der Waals surface area (Å²) in [6, 6.07) is 5.14. The SMILES string of the molecule is CCCNC(=O)NC(=O)COc1ccccc1F. The number of benzene rings is 1. The highest BCUT2D eigenvalue weighted by molar-refractivity contribution is 5.94. The number of ether oxygens (including phenoxy) is 1. The fourth-order valence-electron chi connectivity index (χ4n) is 1.15. The molecule has 0 bridgehead atoms. The molecule has 0 spiro atoms. The van der Waals surface area contributed by atoms with Gasteiger partial charge in [0.1, 0.15) is 0 Å². The van der Waals surface area contributed by atoms with Gasteiger partial charge in [0.15, 0.2) is 18.2 Å². The zero-order valence-electron chi connectivity index (χ0n) is 10.0. The lowest BCUT2D eigenvalue weighted by molar-refractivity contribution is -0.122. The second-order valence-corrected chi connectivity index (χ2v) is 3.52. The van der Waals surface area contributed by atoms with Crippen molar-refractivity contribution in [1.29, 1.82) is 0 Å². The van der Waals surface area contributed by atoms with E-state index in [1.807, 2.05) is 6.92 Å². The molecule has 1 aromatic rings. The number of amides is 3. The van der Waals surface area contributed by atoms with Gasteiger partial charge in [0.05, 0.1) is 0 Å². The number of carbonyl (C=O) groups is 2. The Morgan fingerprint density at radius 3 is 2.72 bits per heavy atom. The van der Waals surface area contributed by atoms with E-state index in [9.17, 15) is 14.0 Å². The molecule has 3 amide bonds. The van der Waals surface area contributed by atoms with Crippen LogP contribution < -0.4 is 15.4 Å². The topological polar surface area (TPSA) is 67.4 Å². The molecule has 98 valence electrons. The van der Waals surface area contributed by atoms with Crippen LogP contribution in [0.25, 0.3) is 0 Å². The predicted octanol–water partition coefficient (Wildman–Crippen LogP) is 1.44. The van der Waals surface area contributed by atoms with Crippen LogP contribution in [0.3, 0.4) is 0 Å². The standard InChI is InChI=1S/C12H15FN2O3/c1-2-7-14-12(17)15-11(16)8-18-10-6-4-3-5-9(10)13/h3-6H,2,7-8H2,1H3,(H2,14,15,16,17). The molecule has 0 atom stereocenters. The van der Waals surface area contributed by atoms with E-state index in [1.54, 1.807) is 6.07 Å². The first-order chi connectivity index (χ1) is 8.63. The first kappa shape index (κ1) is 14.0. The van der Waals surface area contributed by atoms with Crippen molar-refractivity contribution in [2.75, 3.05) is 13.2 Å². The Kier molecular flexibility index (Phi) is 5.63. The molecule has 0 saturated heterocycles. The highest BCUT2D eigenvalue weighted by Gasteiger charge is 2.09. The predicted molar refractivity (Wildman–Crippen MR) is 63.7 cm³/mol. The molecule has 0 heterocycles. The fourth-order valence-corrected chi connectivity index (χ4v) is 1.15. The summed E-state index contributed by atoms with van der Waals surface area (Å²) in [4.78, 5) is 22.4. The molecule has 2 N–H and O–H groups in total. The molecule has 0 aliphatic heterocycles. The normalized spacial score (nSPS) is 9.67. The number of halogens is 1. The van der Waals surface area contributed by atoms with E-state index in [1.165, 1.54) is 18.2 Å². The van der Waals surface area contributed by atoms with Crippen LogP contribution in [0.15, 0.2) is 24.3 Å². The minimum Gasteiger partial charge on any atom is -0.481 e. The lowest BCUT2D eigenvalue weighted by atomic mass is 10.3. The van der Waals surface area contributed by atoms with E-state index in [4.69, 9.17) is 4.74 Å². The molecule has 1 aromatic carbocycles. The van der Waals surface area contributed by atoms with Crippen LogP contribution in [0, 0.1) is 5.82 Å². The Hall–Kier alpha value is -2.11. The molecule has 0 aliphatic carbocycles. The molecular formula is C12H15FN2O3.